The second-order valence-electron chi connectivity index (χ2n) is 9.35. The standard InChI is InChI=1S/C25H39N2O8P/c1-3-4-10-18-36(32,33)35-22(23(28)27(25(30)31)17-11-12-20(27)2)15-8-9-16-26-24(29)34-19-21-13-6-5-7-14-21/h5-7,13-14,20,22H,3-4,8-12,15-19H2,1-2H3,(H2-,26,29,30,31,32,33)/p+1/t20-,22+,27?/m1/s1. The van der Waals surface area contributed by atoms with E-state index in [1.54, 1.807) is 6.92 Å². The molecule has 10 nitrogen and oxygen atoms in total. The predicted octanol–water partition coefficient (Wildman–Crippen LogP) is 5.05. The molecule has 1 aliphatic rings. The molecule has 36 heavy (non-hydrogen) atoms. The summed E-state index contributed by atoms with van der Waals surface area (Å²) in [7, 11) is -4.08. The average molecular weight is 528 g/mol. The number of quaternary nitrogens is 1. The molecule has 1 aromatic carbocycles. The number of carboxylic acid groups (broad SMARTS) is 1. The number of alkyl carbamates (subject to hydrolysis) is 1. The summed E-state index contributed by atoms with van der Waals surface area (Å²) in [4.78, 5) is 47.9. The van der Waals surface area contributed by atoms with E-state index in [-0.39, 0.29) is 32.3 Å². The van der Waals surface area contributed by atoms with Crippen LogP contribution in [0.1, 0.15) is 70.8 Å². The van der Waals surface area contributed by atoms with Gasteiger partial charge < -0.3 is 20.1 Å². The lowest BCUT2D eigenvalue weighted by molar-refractivity contribution is -0.794. The summed E-state index contributed by atoms with van der Waals surface area (Å²) >= 11 is 0. The van der Waals surface area contributed by atoms with E-state index in [2.05, 4.69) is 5.32 Å². The zero-order chi connectivity index (χ0) is 26.6. The molecule has 0 aliphatic carbocycles. The number of likely N-dealkylation sites (tertiary alicyclic amines) is 1. The fourth-order valence-electron chi connectivity index (χ4n) is 4.49. The van der Waals surface area contributed by atoms with Crippen LogP contribution in [0.25, 0.3) is 0 Å². The molecule has 4 atom stereocenters. The van der Waals surface area contributed by atoms with Gasteiger partial charge in [0.05, 0.1) is 12.7 Å². The van der Waals surface area contributed by atoms with Crippen molar-refractivity contribution in [3.8, 4) is 0 Å². The van der Waals surface area contributed by atoms with Gasteiger partial charge in [0.1, 0.15) is 12.6 Å². The number of nitrogens with one attached hydrogen (secondary N) is 1. The molecule has 0 saturated carbocycles. The molecule has 0 bridgehead atoms. The topological polar surface area (TPSA) is 139 Å². The summed E-state index contributed by atoms with van der Waals surface area (Å²) in [6, 6.07) is 8.83. The molecule has 0 spiro atoms. The number of hydrogen-bond donors (Lipinski definition) is 3. The molecule has 0 aromatic heterocycles. The molecule has 1 aromatic rings. The Balaban J connectivity index is 1.94. The van der Waals surface area contributed by atoms with Gasteiger partial charge in [0.25, 0.3) is 0 Å². The highest BCUT2D eigenvalue weighted by Gasteiger charge is 2.56. The van der Waals surface area contributed by atoms with Crippen molar-refractivity contribution in [1.82, 2.24) is 5.32 Å². The minimum Gasteiger partial charge on any atom is -0.445 e. The Morgan fingerprint density at radius 3 is 2.50 bits per heavy atom. The average Bonchev–Trinajstić information content (AvgIpc) is 3.24. The number of rotatable bonds is 14. The van der Waals surface area contributed by atoms with Crippen molar-refractivity contribution in [3.05, 3.63) is 35.9 Å². The van der Waals surface area contributed by atoms with Crippen LogP contribution in [-0.2, 0) is 25.2 Å². The first-order chi connectivity index (χ1) is 17.1. The smallest absolute Gasteiger partial charge is 0.445 e. The fraction of sp³-hybridized carbons (Fsp3) is 0.640. The van der Waals surface area contributed by atoms with E-state index >= 15 is 0 Å². The number of benzene rings is 1. The third-order valence-corrected chi connectivity index (χ3v) is 8.07. The lowest BCUT2D eigenvalue weighted by Crippen LogP contribution is -2.62. The van der Waals surface area contributed by atoms with E-state index in [1.807, 2.05) is 37.3 Å². The molecule has 11 heteroatoms. The van der Waals surface area contributed by atoms with Gasteiger partial charge in [-0.25, -0.2) is 9.59 Å². The molecular weight excluding hydrogens is 487 g/mol. The maximum Gasteiger partial charge on any atom is 0.521 e. The molecule has 1 aliphatic heterocycles. The Kier molecular flexibility index (Phi) is 12.0. The van der Waals surface area contributed by atoms with E-state index in [4.69, 9.17) is 9.26 Å². The summed E-state index contributed by atoms with van der Waals surface area (Å²) in [5.74, 6) is -0.688. The highest BCUT2D eigenvalue weighted by atomic mass is 31.2. The zero-order valence-electron chi connectivity index (χ0n) is 21.3. The van der Waals surface area contributed by atoms with E-state index in [0.717, 1.165) is 18.4 Å². The van der Waals surface area contributed by atoms with Gasteiger partial charge in [-0.2, -0.15) is 9.28 Å². The SMILES string of the molecule is CCCCCP(=O)(O)O[C@@H](CCCCNC(=O)OCc1ccccc1)C(=O)[N+]1(C(=O)O)CCC[C@H]1C. The first kappa shape index (κ1) is 30.0. The minimum atomic E-state index is -4.08. The Hall–Kier alpha value is -2.26. The monoisotopic (exact) mass is 527 g/mol. The van der Waals surface area contributed by atoms with E-state index in [0.29, 0.717) is 32.1 Å². The lowest BCUT2D eigenvalue weighted by Gasteiger charge is -2.33. The largest absolute Gasteiger partial charge is 0.521 e. The fourth-order valence-corrected chi connectivity index (χ4v) is 5.82. The van der Waals surface area contributed by atoms with Crippen molar-refractivity contribution in [2.75, 3.05) is 19.3 Å². The number of carbonyl (C=O) groups excluding carboxylic acids is 2. The van der Waals surface area contributed by atoms with Crippen molar-refractivity contribution < 1.29 is 42.7 Å². The van der Waals surface area contributed by atoms with Crippen LogP contribution in [0, 0.1) is 0 Å². The van der Waals surface area contributed by atoms with Crippen molar-refractivity contribution in [2.24, 2.45) is 0 Å². The summed E-state index contributed by atoms with van der Waals surface area (Å²) < 4.78 is 22.5. The van der Waals surface area contributed by atoms with E-state index in [1.165, 1.54) is 0 Å². The normalized spacial score (nSPS) is 21.9. The molecule has 202 valence electrons. The minimum absolute atomic E-state index is 0.0813. The van der Waals surface area contributed by atoms with Gasteiger partial charge in [0.2, 0.25) is 0 Å². The van der Waals surface area contributed by atoms with Gasteiger partial charge >= 0.3 is 25.7 Å². The van der Waals surface area contributed by atoms with Crippen LogP contribution >= 0.6 is 7.60 Å². The zero-order valence-corrected chi connectivity index (χ0v) is 22.2. The summed E-state index contributed by atoms with van der Waals surface area (Å²) in [5, 5.41) is 12.6. The number of amides is 3. The number of nitrogens with zero attached hydrogens (tertiary/aromatic N) is 1. The molecule has 1 saturated heterocycles. The molecule has 3 amide bonds. The Bertz CT molecular complexity index is 913. The van der Waals surface area contributed by atoms with Crippen LogP contribution in [0.15, 0.2) is 30.3 Å². The lowest BCUT2D eigenvalue weighted by atomic mass is 10.1. The van der Waals surface area contributed by atoms with Crippen molar-refractivity contribution in [2.45, 2.75) is 84.0 Å². The first-order valence-electron chi connectivity index (χ1n) is 12.7. The molecule has 2 rings (SSSR count). The predicted molar refractivity (Wildman–Crippen MR) is 134 cm³/mol. The highest BCUT2D eigenvalue weighted by Crippen LogP contribution is 2.46. The van der Waals surface area contributed by atoms with Crippen LogP contribution in [0.4, 0.5) is 9.59 Å². The molecule has 2 unspecified atom stereocenters. The van der Waals surface area contributed by atoms with Crippen LogP contribution < -0.4 is 5.32 Å². The maximum absolute atomic E-state index is 13.5. The summed E-state index contributed by atoms with van der Waals surface area (Å²) in [6.07, 6.45) is 0.950. The number of ether oxygens (including phenoxy) is 1. The summed E-state index contributed by atoms with van der Waals surface area (Å²) in [5.41, 5.74) is 0.866. The molecule has 1 fully saturated rings. The van der Waals surface area contributed by atoms with Crippen LogP contribution in [0.2, 0.25) is 0 Å². The van der Waals surface area contributed by atoms with Gasteiger partial charge in [-0.1, -0.05) is 50.1 Å². The molecule has 0 radical (unpaired) electrons. The molecule has 3 N–H and O–H groups in total. The van der Waals surface area contributed by atoms with Crippen LogP contribution in [0.5, 0.6) is 0 Å². The number of carbonyl (C=O) groups is 3. The number of unbranched alkanes of at least 4 members (excludes halogenated alkanes) is 3. The second-order valence-corrected chi connectivity index (χ2v) is 11.3. The van der Waals surface area contributed by atoms with Crippen LogP contribution in [-0.4, -0.2) is 64.0 Å². The first-order valence-corrected chi connectivity index (χ1v) is 14.5. The number of imide groups is 1. The Morgan fingerprint density at radius 2 is 1.89 bits per heavy atom. The maximum atomic E-state index is 13.5. The third-order valence-electron chi connectivity index (χ3n) is 6.61. The van der Waals surface area contributed by atoms with Gasteiger partial charge in [-0.15, -0.1) is 0 Å². The van der Waals surface area contributed by atoms with Gasteiger partial charge in [-0.05, 0) is 38.2 Å². The van der Waals surface area contributed by atoms with Gasteiger partial charge in [-0.3, -0.25) is 9.09 Å². The quantitative estimate of drug-likeness (QED) is 0.174. The Morgan fingerprint density at radius 1 is 1.17 bits per heavy atom. The van der Waals surface area contributed by atoms with Crippen molar-refractivity contribution in [3.63, 3.8) is 0 Å². The molecule has 1 heterocycles. The Labute approximate surface area is 213 Å². The van der Waals surface area contributed by atoms with Crippen molar-refractivity contribution >= 4 is 25.7 Å². The summed E-state index contributed by atoms with van der Waals surface area (Å²) in [6.45, 7) is 4.23. The highest BCUT2D eigenvalue weighted by molar-refractivity contribution is 7.52. The van der Waals surface area contributed by atoms with E-state index in [9.17, 15) is 28.9 Å². The van der Waals surface area contributed by atoms with Gasteiger partial charge in [0.15, 0.2) is 6.10 Å². The van der Waals surface area contributed by atoms with E-state index < -0.39 is 42.3 Å². The molecular formula is C25H40N2O8P+. The van der Waals surface area contributed by atoms with Gasteiger partial charge in [0, 0.05) is 19.4 Å². The second kappa shape index (κ2) is 14.5. The van der Waals surface area contributed by atoms with Crippen molar-refractivity contribution in [1.29, 1.82) is 0 Å². The van der Waals surface area contributed by atoms with Crippen LogP contribution in [0.3, 0.4) is 0 Å². The third kappa shape index (κ3) is 8.69. The number of hydrogen-bond acceptors (Lipinski definition) is 6.